The highest BCUT2D eigenvalue weighted by atomic mass is 35.5. The number of fused-ring (bicyclic) bond motifs is 1. The second kappa shape index (κ2) is 5.71. The molecule has 2 rings (SSSR count). The maximum atomic E-state index is 9.13. The van der Waals surface area contributed by atoms with Crippen LogP contribution in [0.25, 0.3) is 0 Å². The molecule has 0 spiro atoms. The Morgan fingerprint density at radius 3 is 3.06 bits per heavy atom. The molecule has 0 fully saturated rings. The van der Waals surface area contributed by atoms with Gasteiger partial charge in [0.05, 0.1) is 13.2 Å². The normalized spacial score (nSPS) is 15.5. The van der Waals surface area contributed by atoms with Crippen molar-refractivity contribution in [1.82, 2.24) is 5.32 Å². The number of hydrogen-bond acceptors (Lipinski definition) is 3. The predicted octanol–water partition coefficient (Wildman–Crippen LogP) is 2.14. The highest BCUT2D eigenvalue weighted by Gasteiger charge is 2.17. The van der Waals surface area contributed by atoms with Crippen molar-refractivity contribution in [3.8, 4) is 5.75 Å². The maximum Gasteiger partial charge on any atom is 0.127 e. The number of hydrogen-bond donors (Lipinski definition) is 2. The molecule has 0 bridgehead atoms. The molecule has 1 aliphatic rings. The first-order valence-electron chi connectivity index (χ1n) is 6.03. The van der Waals surface area contributed by atoms with E-state index in [-0.39, 0.29) is 12.6 Å². The number of aliphatic hydroxyl groups excluding tert-OH is 1. The Kier molecular flexibility index (Phi) is 4.26. The second-order valence-electron chi connectivity index (χ2n) is 4.32. The number of ether oxygens (including phenoxy) is 1. The summed E-state index contributed by atoms with van der Waals surface area (Å²) >= 11 is 6.08. The fourth-order valence-corrected chi connectivity index (χ4v) is 2.33. The van der Waals surface area contributed by atoms with Gasteiger partial charge in [-0.25, -0.2) is 0 Å². The lowest BCUT2D eigenvalue weighted by molar-refractivity contribution is 0.237. The average molecular weight is 256 g/mol. The van der Waals surface area contributed by atoms with E-state index in [1.807, 2.05) is 19.1 Å². The summed E-state index contributed by atoms with van der Waals surface area (Å²) in [6.07, 6.45) is 1.83. The molecule has 0 aliphatic carbocycles. The SMILES string of the molecule is CCC(CO)NCc1cc(Cl)cc2c1OCC2. The number of benzene rings is 1. The Hall–Kier alpha value is -0.770. The van der Waals surface area contributed by atoms with E-state index in [0.717, 1.165) is 35.8 Å². The molecule has 0 aromatic heterocycles. The standard InChI is InChI=1S/C13H18ClNO2/c1-2-12(8-16)15-7-10-6-11(14)5-9-3-4-17-13(9)10/h5-6,12,15-16H,2-4,7-8H2,1H3. The van der Waals surface area contributed by atoms with Gasteiger partial charge < -0.3 is 15.2 Å². The summed E-state index contributed by atoms with van der Waals surface area (Å²) in [7, 11) is 0. The summed E-state index contributed by atoms with van der Waals surface area (Å²) in [4.78, 5) is 0. The lowest BCUT2D eigenvalue weighted by atomic mass is 10.1. The van der Waals surface area contributed by atoms with Gasteiger partial charge in [-0.05, 0) is 24.1 Å². The maximum absolute atomic E-state index is 9.13. The van der Waals surface area contributed by atoms with E-state index in [1.165, 1.54) is 5.56 Å². The zero-order valence-corrected chi connectivity index (χ0v) is 10.8. The highest BCUT2D eigenvalue weighted by molar-refractivity contribution is 6.30. The van der Waals surface area contributed by atoms with E-state index < -0.39 is 0 Å². The van der Waals surface area contributed by atoms with Crippen molar-refractivity contribution in [2.45, 2.75) is 32.4 Å². The second-order valence-corrected chi connectivity index (χ2v) is 4.76. The zero-order valence-electron chi connectivity index (χ0n) is 10.0. The van der Waals surface area contributed by atoms with E-state index >= 15 is 0 Å². The van der Waals surface area contributed by atoms with Gasteiger partial charge in [0.1, 0.15) is 5.75 Å². The van der Waals surface area contributed by atoms with Crippen LogP contribution in [-0.2, 0) is 13.0 Å². The molecule has 1 aromatic rings. The van der Waals surface area contributed by atoms with Crippen LogP contribution < -0.4 is 10.1 Å². The van der Waals surface area contributed by atoms with E-state index in [9.17, 15) is 0 Å². The molecular formula is C13H18ClNO2. The molecule has 3 nitrogen and oxygen atoms in total. The van der Waals surface area contributed by atoms with Gasteiger partial charge in [0, 0.05) is 29.6 Å². The Balaban J connectivity index is 2.10. The summed E-state index contributed by atoms with van der Waals surface area (Å²) in [5, 5.41) is 13.2. The third-order valence-corrected chi connectivity index (χ3v) is 3.34. The largest absolute Gasteiger partial charge is 0.493 e. The first kappa shape index (κ1) is 12.7. The van der Waals surface area contributed by atoms with E-state index in [2.05, 4.69) is 5.32 Å². The fourth-order valence-electron chi connectivity index (χ4n) is 2.07. The number of halogens is 1. The Labute approximate surface area is 107 Å². The minimum atomic E-state index is 0.131. The minimum absolute atomic E-state index is 0.131. The third-order valence-electron chi connectivity index (χ3n) is 3.12. The molecule has 17 heavy (non-hydrogen) atoms. The summed E-state index contributed by atoms with van der Waals surface area (Å²) in [6, 6.07) is 4.03. The van der Waals surface area contributed by atoms with Gasteiger partial charge in [-0.1, -0.05) is 18.5 Å². The van der Waals surface area contributed by atoms with E-state index in [1.54, 1.807) is 0 Å². The van der Waals surface area contributed by atoms with Crippen LogP contribution in [0.5, 0.6) is 5.75 Å². The van der Waals surface area contributed by atoms with Crippen LogP contribution in [0.3, 0.4) is 0 Å². The smallest absolute Gasteiger partial charge is 0.127 e. The topological polar surface area (TPSA) is 41.5 Å². The summed E-state index contributed by atoms with van der Waals surface area (Å²) in [5.41, 5.74) is 2.27. The summed E-state index contributed by atoms with van der Waals surface area (Å²) in [6.45, 7) is 3.62. The monoisotopic (exact) mass is 255 g/mol. The molecule has 1 atom stereocenters. The van der Waals surface area contributed by atoms with Gasteiger partial charge in [-0.15, -0.1) is 0 Å². The summed E-state index contributed by atoms with van der Waals surface area (Å²) < 4.78 is 5.62. The van der Waals surface area contributed by atoms with Gasteiger partial charge in [-0.3, -0.25) is 0 Å². The predicted molar refractivity (Wildman–Crippen MR) is 68.7 cm³/mol. The van der Waals surface area contributed by atoms with Crippen molar-refractivity contribution in [2.24, 2.45) is 0 Å². The first-order chi connectivity index (χ1) is 8.24. The molecule has 0 radical (unpaired) electrons. The van der Waals surface area contributed by atoms with Crippen LogP contribution in [-0.4, -0.2) is 24.4 Å². The lowest BCUT2D eigenvalue weighted by Crippen LogP contribution is -2.31. The molecule has 1 heterocycles. The van der Waals surface area contributed by atoms with Crippen LogP contribution >= 0.6 is 11.6 Å². The van der Waals surface area contributed by atoms with Crippen LogP contribution in [0.4, 0.5) is 0 Å². The first-order valence-corrected chi connectivity index (χ1v) is 6.40. The van der Waals surface area contributed by atoms with Gasteiger partial charge in [0.2, 0.25) is 0 Å². The van der Waals surface area contributed by atoms with Crippen molar-refractivity contribution >= 4 is 11.6 Å². The van der Waals surface area contributed by atoms with Crippen molar-refractivity contribution in [3.63, 3.8) is 0 Å². The van der Waals surface area contributed by atoms with Crippen molar-refractivity contribution in [3.05, 3.63) is 28.3 Å². The van der Waals surface area contributed by atoms with Crippen LogP contribution in [0.2, 0.25) is 5.02 Å². The van der Waals surface area contributed by atoms with Gasteiger partial charge in [0.15, 0.2) is 0 Å². The van der Waals surface area contributed by atoms with Crippen molar-refractivity contribution in [2.75, 3.05) is 13.2 Å². The lowest BCUT2D eigenvalue weighted by Gasteiger charge is -2.15. The number of rotatable bonds is 5. The Bertz CT molecular complexity index is 391. The van der Waals surface area contributed by atoms with Crippen LogP contribution in [0.15, 0.2) is 12.1 Å². The number of aliphatic hydroxyl groups is 1. The van der Waals surface area contributed by atoms with E-state index in [0.29, 0.717) is 6.54 Å². The van der Waals surface area contributed by atoms with Gasteiger partial charge >= 0.3 is 0 Å². The van der Waals surface area contributed by atoms with Gasteiger partial charge in [-0.2, -0.15) is 0 Å². The van der Waals surface area contributed by atoms with Crippen molar-refractivity contribution < 1.29 is 9.84 Å². The molecule has 1 unspecified atom stereocenters. The third kappa shape index (κ3) is 2.92. The zero-order chi connectivity index (χ0) is 12.3. The highest BCUT2D eigenvalue weighted by Crippen LogP contribution is 2.32. The Morgan fingerprint density at radius 2 is 2.35 bits per heavy atom. The van der Waals surface area contributed by atoms with E-state index in [4.69, 9.17) is 21.4 Å². The summed E-state index contributed by atoms with van der Waals surface area (Å²) in [5.74, 6) is 0.967. The molecule has 4 heteroatoms. The Morgan fingerprint density at radius 1 is 1.53 bits per heavy atom. The molecule has 0 amide bonds. The molecular weight excluding hydrogens is 238 g/mol. The quantitative estimate of drug-likeness (QED) is 0.847. The molecule has 2 N–H and O–H groups in total. The molecule has 94 valence electrons. The minimum Gasteiger partial charge on any atom is -0.493 e. The molecule has 0 saturated carbocycles. The molecule has 1 aromatic carbocycles. The van der Waals surface area contributed by atoms with Gasteiger partial charge in [0.25, 0.3) is 0 Å². The average Bonchev–Trinajstić information content (AvgIpc) is 2.78. The van der Waals surface area contributed by atoms with Crippen molar-refractivity contribution in [1.29, 1.82) is 0 Å². The number of nitrogens with one attached hydrogen (secondary N) is 1. The fraction of sp³-hybridized carbons (Fsp3) is 0.538. The molecule has 1 aliphatic heterocycles. The van der Waals surface area contributed by atoms with Crippen LogP contribution in [0, 0.1) is 0 Å². The molecule has 0 saturated heterocycles. The van der Waals surface area contributed by atoms with Crippen LogP contribution in [0.1, 0.15) is 24.5 Å².